The molecule has 2 aliphatic rings. The fraction of sp³-hybridized carbons (Fsp3) is 0.533. The highest BCUT2D eigenvalue weighted by Gasteiger charge is 2.33. The number of aromatic amines is 1. The lowest BCUT2D eigenvalue weighted by molar-refractivity contribution is -0.384. The molecule has 8 nitrogen and oxygen atoms in total. The van der Waals surface area contributed by atoms with Gasteiger partial charge in [-0.2, -0.15) is 5.10 Å². The van der Waals surface area contributed by atoms with Gasteiger partial charge >= 0.3 is 0 Å². The molecule has 1 N–H and O–H groups in total. The Morgan fingerprint density at radius 1 is 1.30 bits per heavy atom. The van der Waals surface area contributed by atoms with Crippen molar-refractivity contribution in [3.05, 3.63) is 28.4 Å². The summed E-state index contributed by atoms with van der Waals surface area (Å²) in [5.74, 6) is 0. The third-order valence-electron chi connectivity index (χ3n) is 4.55. The van der Waals surface area contributed by atoms with Crippen LogP contribution in [0.2, 0.25) is 0 Å². The molecule has 0 amide bonds. The first-order valence-electron chi connectivity index (χ1n) is 7.82. The van der Waals surface area contributed by atoms with Crippen molar-refractivity contribution in [1.29, 1.82) is 0 Å². The number of nitro benzene ring substituents is 1. The Kier molecular flexibility index (Phi) is 3.62. The van der Waals surface area contributed by atoms with Gasteiger partial charge in [0.25, 0.3) is 5.69 Å². The first-order chi connectivity index (χ1) is 11.2. The molecule has 1 aromatic heterocycles. The van der Waals surface area contributed by atoms with Gasteiger partial charge in [-0.25, -0.2) is 0 Å². The predicted octanol–water partition coefficient (Wildman–Crippen LogP) is 1.86. The van der Waals surface area contributed by atoms with E-state index in [2.05, 4.69) is 10.2 Å². The van der Waals surface area contributed by atoms with E-state index < -0.39 is 0 Å². The summed E-state index contributed by atoms with van der Waals surface area (Å²) in [7, 11) is 0. The van der Waals surface area contributed by atoms with Crippen molar-refractivity contribution in [3.8, 4) is 0 Å². The number of ether oxygens (including phenoxy) is 2. The molecule has 2 saturated heterocycles. The first-order valence-corrected chi connectivity index (χ1v) is 7.82. The monoisotopic (exact) mass is 318 g/mol. The van der Waals surface area contributed by atoms with Crippen LogP contribution in [0.15, 0.2) is 18.3 Å². The van der Waals surface area contributed by atoms with Crippen molar-refractivity contribution >= 4 is 22.3 Å². The molecule has 3 heterocycles. The molecule has 8 heteroatoms. The van der Waals surface area contributed by atoms with Crippen LogP contribution in [0.3, 0.4) is 0 Å². The quantitative estimate of drug-likeness (QED) is 0.686. The fourth-order valence-corrected chi connectivity index (χ4v) is 3.38. The SMILES string of the molecule is O=[N+]([O-])c1cc2cn[nH]c2cc1N1CCOC(C2CCCO2)C1. The van der Waals surface area contributed by atoms with Crippen molar-refractivity contribution in [2.75, 3.05) is 31.2 Å². The highest BCUT2D eigenvalue weighted by molar-refractivity contribution is 5.87. The molecule has 2 aliphatic heterocycles. The smallest absolute Gasteiger partial charge is 0.293 e. The van der Waals surface area contributed by atoms with Crippen LogP contribution in [0, 0.1) is 10.1 Å². The lowest BCUT2D eigenvalue weighted by atomic mass is 10.1. The number of aromatic nitrogens is 2. The number of benzene rings is 1. The van der Waals surface area contributed by atoms with Crippen LogP contribution < -0.4 is 4.90 Å². The summed E-state index contributed by atoms with van der Waals surface area (Å²) in [4.78, 5) is 13.1. The van der Waals surface area contributed by atoms with Crippen LogP contribution >= 0.6 is 0 Å². The van der Waals surface area contributed by atoms with E-state index in [9.17, 15) is 10.1 Å². The van der Waals surface area contributed by atoms with E-state index in [0.717, 1.165) is 30.4 Å². The average Bonchev–Trinajstić information content (AvgIpc) is 3.24. The number of H-pyrrole nitrogens is 1. The summed E-state index contributed by atoms with van der Waals surface area (Å²) < 4.78 is 11.5. The van der Waals surface area contributed by atoms with Gasteiger partial charge in [0.15, 0.2) is 0 Å². The van der Waals surface area contributed by atoms with Crippen LogP contribution in [-0.2, 0) is 9.47 Å². The fourth-order valence-electron chi connectivity index (χ4n) is 3.38. The van der Waals surface area contributed by atoms with Gasteiger partial charge < -0.3 is 14.4 Å². The normalized spacial score (nSPS) is 25.1. The van der Waals surface area contributed by atoms with Gasteiger partial charge in [-0.3, -0.25) is 15.2 Å². The second kappa shape index (κ2) is 5.78. The highest BCUT2D eigenvalue weighted by atomic mass is 16.6. The summed E-state index contributed by atoms with van der Waals surface area (Å²) in [6.45, 7) is 2.54. The third-order valence-corrected chi connectivity index (χ3v) is 4.55. The second-order valence-electron chi connectivity index (χ2n) is 5.96. The number of fused-ring (bicyclic) bond motifs is 1. The Morgan fingerprint density at radius 3 is 2.96 bits per heavy atom. The summed E-state index contributed by atoms with van der Waals surface area (Å²) in [5, 5.41) is 19.0. The predicted molar refractivity (Wildman–Crippen MR) is 83.7 cm³/mol. The van der Waals surface area contributed by atoms with Gasteiger partial charge in [0, 0.05) is 31.1 Å². The summed E-state index contributed by atoms with van der Waals surface area (Å²) in [6, 6.07) is 3.38. The van der Waals surface area contributed by atoms with Gasteiger partial charge in [0.1, 0.15) is 11.8 Å². The maximum Gasteiger partial charge on any atom is 0.293 e. The van der Waals surface area contributed by atoms with E-state index in [1.165, 1.54) is 0 Å². The molecule has 0 bridgehead atoms. The van der Waals surface area contributed by atoms with E-state index in [1.54, 1.807) is 18.3 Å². The molecule has 2 atom stereocenters. The van der Waals surface area contributed by atoms with Crippen LogP contribution in [0.5, 0.6) is 0 Å². The van der Waals surface area contributed by atoms with E-state index in [1.807, 2.05) is 4.90 Å². The maximum absolute atomic E-state index is 11.5. The molecule has 2 aromatic rings. The zero-order valence-electron chi connectivity index (χ0n) is 12.6. The molecule has 23 heavy (non-hydrogen) atoms. The Hall–Kier alpha value is -2.19. The summed E-state index contributed by atoms with van der Waals surface area (Å²) in [6.07, 6.45) is 3.68. The first kappa shape index (κ1) is 14.4. The standard InChI is InChI=1S/C15H18N4O4/c20-19(21)13-6-10-8-16-17-11(10)7-12(13)18-3-5-23-15(9-18)14-2-1-4-22-14/h6-8,14-15H,1-5,9H2,(H,16,17). The van der Waals surface area contributed by atoms with Gasteiger partial charge in [0.05, 0.1) is 29.3 Å². The number of nitrogens with one attached hydrogen (secondary N) is 1. The molecule has 0 aliphatic carbocycles. The minimum atomic E-state index is -0.335. The van der Waals surface area contributed by atoms with Crippen LogP contribution in [0.1, 0.15) is 12.8 Å². The lowest BCUT2D eigenvalue weighted by Gasteiger charge is -2.36. The molecule has 2 unspecified atom stereocenters. The molecular formula is C15H18N4O4. The highest BCUT2D eigenvalue weighted by Crippen LogP contribution is 2.34. The number of nitro groups is 1. The minimum absolute atomic E-state index is 0.0386. The molecule has 0 radical (unpaired) electrons. The van der Waals surface area contributed by atoms with E-state index in [0.29, 0.717) is 25.4 Å². The number of hydrogen-bond donors (Lipinski definition) is 1. The van der Waals surface area contributed by atoms with Gasteiger partial charge in [-0.1, -0.05) is 0 Å². The number of rotatable bonds is 3. The van der Waals surface area contributed by atoms with Gasteiger partial charge in [-0.15, -0.1) is 0 Å². The van der Waals surface area contributed by atoms with Crippen molar-refractivity contribution in [2.45, 2.75) is 25.0 Å². The Balaban J connectivity index is 1.66. The van der Waals surface area contributed by atoms with Crippen molar-refractivity contribution in [1.82, 2.24) is 10.2 Å². The largest absolute Gasteiger partial charge is 0.375 e. The Labute approximate surface area is 132 Å². The van der Waals surface area contributed by atoms with Crippen molar-refractivity contribution in [3.63, 3.8) is 0 Å². The molecule has 2 fully saturated rings. The average molecular weight is 318 g/mol. The van der Waals surface area contributed by atoms with Crippen LogP contribution in [0.25, 0.3) is 10.9 Å². The molecule has 122 valence electrons. The third kappa shape index (κ3) is 2.64. The summed E-state index contributed by atoms with van der Waals surface area (Å²) in [5.41, 5.74) is 1.51. The minimum Gasteiger partial charge on any atom is -0.375 e. The number of morpholine rings is 1. The zero-order valence-corrected chi connectivity index (χ0v) is 12.6. The van der Waals surface area contributed by atoms with Crippen LogP contribution in [0.4, 0.5) is 11.4 Å². The number of anilines is 1. The number of nitrogens with zero attached hydrogens (tertiary/aromatic N) is 3. The molecule has 0 spiro atoms. The van der Waals surface area contributed by atoms with E-state index in [-0.39, 0.29) is 22.8 Å². The topological polar surface area (TPSA) is 93.5 Å². The summed E-state index contributed by atoms with van der Waals surface area (Å²) >= 11 is 0. The second-order valence-corrected chi connectivity index (χ2v) is 5.96. The Bertz CT molecular complexity index is 725. The van der Waals surface area contributed by atoms with Crippen LogP contribution in [-0.4, -0.2) is 53.6 Å². The Morgan fingerprint density at radius 2 is 2.17 bits per heavy atom. The number of hydrogen-bond acceptors (Lipinski definition) is 6. The van der Waals surface area contributed by atoms with Crippen molar-refractivity contribution < 1.29 is 14.4 Å². The molecular weight excluding hydrogens is 300 g/mol. The van der Waals surface area contributed by atoms with E-state index in [4.69, 9.17) is 9.47 Å². The van der Waals surface area contributed by atoms with Gasteiger partial charge in [-0.05, 0) is 18.9 Å². The van der Waals surface area contributed by atoms with Gasteiger partial charge in [0.2, 0.25) is 0 Å². The molecule has 4 rings (SSSR count). The molecule has 1 aromatic carbocycles. The van der Waals surface area contributed by atoms with E-state index >= 15 is 0 Å². The lowest BCUT2D eigenvalue weighted by Crippen LogP contribution is -2.47. The molecule has 0 saturated carbocycles. The zero-order chi connectivity index (χ0) is 15.8. The maximum atomic E-state index is 11.5. The van der Waals surface area contributed by atoms with Crippen molar-refractivity contribution in [2.24, 2.45) is 0 Å².